The number of carbonyl (C=O) groups is 4. The zero-order valence-corrected chi connectivity index (χ0v) is 27.6. The Kier molecular flexibility index (Phi) is 11.3. The summed E-state index contributed by atoms with van der Waals surface area (Å²) in [7, 11) is -1.94. The first-order valence-corrected chi connectivity index (χ1v) is 16.4. The largest absolute Gasteiger partial charge is 0.490 e. The van der Waals surface area contributed by atoms with E-state index < -0.39 is 75.1 Å². The number of halogens is 6. The number of methoxy groups -OCH3 is 1. The fourth-order valence-corrected chi connectivity index (χ4v) is 7.35. The number of benzene rings is 3. The number of likely N-dealkylation sites (tertiary alicyclic amines) is 1. The first kappa shape index (κ1) is 39.0. The zero-order chi connectivity index (χ0) is 37.9. The van der Waals surface area contributed by atoms with E-state index in [0.29, 0.717) is 23.3 Å². The van der Waals surface area contributed by atoms with Crippen LogP contribution in [0.3, 0.4) is 0 Å². The van der Waals surface area contributed by atoms with E-state index in [1.54, 1.807) is 60.7 Å². The Hall–Kier alpha value is -4.81. The van der Waals surface area contributed by atoms with E-state index in [-0.39, 0.29) is 24.4 Å². The van der Waals surface area contributed by atoms with Crippen molar-refractivity contribution in [1.82, 2.24) is 14.5 Å². The average molecular weight is 744 g/mol. The second-order valence-electron chi connectivity index (χ2n) is 11.7. The van der Waals surface area contributed by atoms with Gasteiger partial charge in [-0.05, 0) is 35.4 Å². The van der Waals surface area contributed by atoms with Crippen LogP contribution in [-0.4, -0.2) is 84.9 Å². The SMILES string of the molecule is COC(=O)[C@]1(Cc2ccccc2)N[C@H](CN(C)S(=O)(=O)c2ccc(C(F)(F)F)cc2)[C@@H]2C(=O)N(Cc3ccccc3)C(=O)[C@@H]21.O=C(O)C(F)(F)F. The summed E-state index contributed by atoms with van der Waals surface area (Å²) in [5, 5.41) is 10.3. The number of amides is 2. The number of fused-ring (bicyclic) bond motifs is 1. The molecule has 3 aromatic rings. The molecule has 0 radical (unpaired) electrons. The number of hydrogen-bond acceptors (Lipinski definition) is 8. The van der Waals surface area contributed by atoms with Crippen LogP contribution in [0, 0.1) is 11.8 Å². The predicted octanol–water partition coefficient (Wildman–Crippen LogP) is 3.89. The van der Waals surface area contributed by atoms with Crippen molar-refractivity contribution in [3.63, 3.8) is 0 Å². The summed E-state index contributed by atoms with van der Waals surface area (Å²) in [6.07, 6.45) is -9.75. The molecule has 2 N–H and O–H groups in total. The summed E-state index contributed by atoms with van der Waals surface area (Å²) in [6.45, 7) is -0.406. The number of likely N-dealkylation sites (N-methyl/N-ethyl adjacent to an activating group) is 1. The molecule has 2 amide bonds. The van der Waals surface area contributed by atoms with Crippen molar-refractivity contribution < 1.29 is 63.8 Å². The molecular formula is C33H31F6N3O8S. The molecule has 2 aliphatic rings. The van der Waals surface area contributed by atoms with Crippen molar-refractivity contribution in [3.8, 4) is 0 Å². The summed E-state index contributed by atoms with van der Waals surface area (Å²) < 4.78 is 104. The average Bonchev–Trinajstić information content (AvgIpc) is 3.53. The van der Waals surface area contributed by atoms with E-state index in [0.717, 1.165) is 21.3 Å². The fraction of sp³-hybridized carbons (Fsp3) is 0.333. The molecule has 0 aliphatic carbocycles. The minimum atomic E-state index is -5.08. The van der Waals surface area contributed by atoms with Crippen molar-refractivity contribution in [1.29, 1.82) is 0 Å². The first-order valence-electron chi connectivity index (χ1n) is 15.0. The van der Waals surface area contributed by atoms with Crippen LogP contribution in [0.2, 0.25) is 0 Å². The van der Waals surface area contributed by atoms with Gasteiger partial charge in [-0.1, -0.05) is 60.7 Å². The molecule has 2 aliphatic heterocycles. The second-order valence-corrected chi connectivity index (χ2v) is 13.8. The Bertz CT molecular complexity index is 1860. The van der Waals surface area contributed by atoms with Crippen molar-refractivity contribution in [2.45, 2.75) is 41.8 Å². The van der Waals surface area contributed by atoms with Crippen LogP contribution in [0.25, 0.3) is 0 Å². The topological polar surface area (TPSA) is 150 Å². The molecule has 0 aromatic heterocycles. The highest BCUT2D eigenvalue weighted by molar-refractivity contribution is 7.89. The molecule has 3 aromatic carbocycles. The van der Waals surface area contributed by atoms with Gasteiger partial charge in [0.15, 0.2) is 0 Å². The third-order valence-corrected chi connectivity index (χ3v) is 10.3. The summed E-state index contributed by atoms with van der Waals surface area (Å²) in [5.74, 6) is -7.03. The lowest BCUT2D eigenvalue weighted by Gasteiger charge is -2.33. The summed E-state index contributed by atoms with van der Waals surface area (Å²) in [5.41, 5.74) is -1.34. The number of ether oxygens (including phenoxy) is 1. The van der Waals surface area contributed by atoms with Crippen LogP contribution in [0.15, 0.2) is 89.8 Å². The van der Waals surface area contributed by atoms with Crippen molar-refractivity contribution >= 4 is 33.8 Å². The summed E-state index contributed by atoms with van der Waals surface area (Å²) in [6, 6.07) is 19.7. The van der Waals surface area contributed by atoms with E-state index in [1.165, 1.54) is 14.2 Å². The number of carboxylic acids is 1. The number of rotatable bonds is 9. The van der Waals surface area contributed by atoms with E-state index in [2.05, 4.69) is 5.32 Å². The summed E-state index contributed by atoms with van der Waals surface area (Å²) in [4.78, 5) is 51.1. The molecule has 5 rings (SSSR count). The molecule has 0 spiro atoms. The van der Waals surface area contributed by atoms with Gasteiger partial charge in [-0.2, -0.15) is 30.6 Å². The maximum absolute atomic E-state index is 14.0. The normalized spacial score (nSPS) is 22.0. The minimum absolute atomic E-state index is 0.0221. The van der Waals surface area contributed by atoms with Crippen LogP contribution in [0.1, 0.15) is 16.7 Å². The molecule has 2 saturated heterocycles. The third kappa shape index (κ3) is 8.23. The third-order valence-electron chi connectivity index (χ3n) is 8.49. The quantitative estimate of drug-likeness (QED) is 0.189. The van der Waals surface area contributed by atoms with Gasteiger partial charge in [-0.25, -0.2) is 13.2 Å². The number of nitrogens with one attached hydrogen (secondary N) is 1. The van der Waals surface area contributed by atoms with Gasteiger partial charge in [0.25, 0.3) is 0 Å². The van der Waals surface area contributed by atoms with Gasteiger partial charge < -0.3 is 9.84 Å². The van der Waals surface area contributed by atoms with Gasteiger partial charge in [0.1, 0.15) is 5.54 Å². The molecule has 2 fully saturated rings. The number of imide groups is 1. The van der Waals surface area contributed by atoms with Gasteiger partial charge in [0.2, 0.25) is 21.8 Å². The Labute approximate surface area is 287 Å². The molecule has 2 heterocycles. The number of nitrogens with zero attached hydrogens (tertiary/aromatic N) is 2. The van der Waals surface area contributed by atoms with Crippen molar-refractivity contribution in [3.05, 3.63) is 102 Å². The van der Waals surface area contributed by atoms with E-state index in [4.69, 9.17) is 14.6 Å². The van der Waals surface area contributed by atoms with Crippen LogP contribution in [0.5, 0.6) is 0 Å². The zero-order valence-electron chi connectivity index (χ0n) is 26.8. The van der Waals surface area contributed by atoms with E-state index in [1.807, 2.05) is 0 Å². The first-order chi connectivity index (χ1) is 23.7. The number of esters is 1. The lowest BCUT2D eigenvalue weighted by molar-refractivity contribution is -0.192. The Morgan fingerprint density at radius 1 is 0.882 bits per heavy atom. The maximum Gasteiger partial charge on any atom is 0.490 e. The molecule has 0 saturated carbocycles. The molecule has 4 atom stereocenters. The molecule has 274 valence electrons. The van der Waals surface area contributed by atoms with E-state index in [9.17, 15) is 49.1 Å². The van der Waals surface area contributed by atoms with Crippen LogP contribution >= 0.6 is 0 Å². The molecule has 0 bridgehead atoms. The number of aliphatic carboxylic acids is 1. The molecule has 11 nitrogen and oxygen atoms in total. The van der Waals surface area contributed by atoms with Crippen LogP contribution in [-0.2, 0) is 53.1 Å². The fourth-order valence-electron chi connectivity index (χ4n) is 6.16. The number of carbonyl (C=O) groups excluding carboxylic acids is 3. The van der Waals surface area contributed by atoms with Gasteiger partial charge in [0, 0.05) is 26.1 Å². The van der Waals surface area contributed by atoms with Crippen LogP contribution in [0.4, 0.5) is 26.3 Å². The predicted molar refractivity (Wildman–Crippen MR) is 166 cm³/mol. The standard InChI is InChI=1S/C31H30F3N3O6S.C2HF3O2/c1-36(44(41,42)23-15-13-22(14-16-23)31(32,33)34)19-24-25-26(28(39)37(27(25)38)18-21-11-7-4-8-12-21)30(35-24,29(40)43-2)17-20-9-5-3-6-10-20;3-2(4,5)1(6)7/h3-16,24-26,35H,17-19H2,1-2H3;(H,6,7)/t24-,25+,26-,30-;/m1./s1. The highest BCUT2D eigenvalue weighted by Crippen LogP contribution is 2.46. The monoisotopic (exact) mass is 743 g/mol. The molecular weight excluding hydrogens is 712 g/mol. The number of alkyl halides is 6. The smallest absolute Gasteiger partial charge is 0.475 e. The number of hydrogen-bond donors (Lipinski definition) is 2. The summed E-state index contributed by atoms with van der Waals surface area (Å²) >= 11 is 0. The van der Waals surface area contributed by atoms with Gasteiger partial charge in [-0.3, -0.25) is 24.6 Å². The Morgan fingerprint density at radius 2 is 1.39 bits per heavy atom. The second kappa shape index (κ2) is 14.8. The maximum atomic E-state index is 14.0. The highest BCUT2D eigenvalue weighted by atomic mass is 32.2. The van der Waals surface area contributed by atoms with Gasteiger partial charge in [0.05, 0.1) is 35.9 Å². The van der Waals surface area contributed by atoms with Gasteiger partial charge in [-0.15, -0.1) is 0 Å². The van der Waals surface area contributed by atoms with Crippen molar-refractivity contribution in [2.75, 3.05) is 20.7 Å². The minimum Gasteiger partial charge on any atom is -0.475 e. The van der Waals surface area contributed by atoms with Gasteiger partial charge >= 0.3 is 24.3 Å². The Balaban J connectivity index is 0.000000755. The van der Waals surface area contributed by atoms with E-state index >= 15 is 0 Å². The lowest BCUT2D eigenvalue weighted by Crippen LogP contribution is -2.59. The lowest BCUT2D eigenvalue weighted by atomic mass is 9.76. The number of sulfonamides is 1. The molecule has 0 unspecified atom stereocenters. The number of carboxylic acid groups (broad SMARTS) is 1. The molecule has 51 heavy (non-hydrogen) atoms. The van der Waals surface area contributed by atoms with Crippen molar-refractivity contribution in [2.24, 2.45) is 11.8 Å². The van der Waals surface area contributed by atoms with Crippen LogP contribution < -0.4 is 5.32 Å². The Morgan fingerprint density at radius 3 is 1.86 bits per heavy atom. The highest BCUT2D eigenvalue weighted by Gasteiger charge is 2.68. The molecule has 18 heteroatoms.